The van der Waals surface area contributed by atoms with Crippen molar-refractivity contribution in [3.05, 3.63) is 64.7 Å². The van der Waals surface area contributed by atoms with Crippen LogP contribution in [0.3, 0.4) is 0 Å². The third-order valence-electron chi connectivity index (χ3n) is 5.45. The van der Waals surface area contributed by atoms with Crippen molar-refractivity contribution in [1.82, 2.24) is 0 Å². The lowest BCUT2D eigenvalue weighted by molar-refractivity contribution is -0.148. The minimum atomic E-state index is -0.683. The zero-order valence-corrected chi connectivity index (χ0v) is 16.0. The maximum absolute atomic E-state index is 12.3. The van der Waals surface area contributed by atoms with E-state index in [-0.39, 0.29) is 5.91 Å². The van der Waals surface area contributed by atoms with E-state index in [0.29, 0.717) is 12.8 Å². The lowest BCUT2D eigenvalue weighted by Gasteiger charge is -2.23. The minimum Gasteiger partial charge on any atom is -0.481 e. The number of nitrogens with one attached hydrogen (secondary N) is 1. The first-order valence-electron chi connectivity index (χ1n) is 9.56. The van der Waals surface area contributed by atoms with Crippen LogP contribution in [0.1, 0.15) is 47.9 Å². The third-order valence-corrected chi connectivity index (χ3v) is 5.45. The Bertz CT molecular complexity index is 813. The van der Waals surface area contributed by atoms with Crippen LogP contribution in [0.15, 0.2) is 42.5 Å². The first-order chi connectivity index (χ1) is 12.9. The molecule has 0 aliphatic heterocycles. The average molecular weight is 365 g/mol. The van der Waals surface area contributed by atoms with Crippen molar-refractivity contribution in [2.45, 2.75) is 52.4 Å². The van der Waals surface area contributed by atoms with Crippen molar-refractivity contribution in [2.24, 2.45) is 5.41 Å². The molecule has 0 aromatic heterocycles. The highest BCUT2D eigenvalue weighted by molar-refractivity contribution is 5.92. The van der Waals surface area contributed by atoms with Crippen LogP contribution in [0.5, 0.6) is 0 Å². The smallest absolute Gasteiger partial charge is 0.309 e. The van der Waals surface area contributed by atoms with Crippen LogP contribution in [0.4, 0.5) is 5.69 Å². The number of carboxylic acid groups (broad SMARTS) is 1. The number of carbonyl (C=O) groups is 2. The number of rotatable bonds is 6. The zero-order valence-electron chi connectivity index (χ0n) is 16.0. The van der Waals surface area contributed by atoms with Gasteiger partial charge in [0.1, 0.15) is 0 Å². The van der Waals surface area contributed by atoms with Gasteiger partial charge in [-0.1, -0.05) is 43.2 Å². The van der Waals surface area contributed by atoms with Gasteiger partial charge < -0.3 is 10.4 Å². The fraction of sp³-hybridized carbons (Fsp3) is 0.391. The van der Waals surface area contributed by atoms with Gasteiger partial charge in [-0.25, -0.2) is 0 Å². The topological polar surface area (TPSA) is 66.4 Å². The number of anilines is 1. The monoisotopic (exact) mass is 365 g/mol. The molecule has 3 rings (SSSR count). The number of carbonyl (C=O) groups excluding carboxylic acids is 1. The molecule has 0 radical (unpaired) electrons. The zero-order chi connectivity index (χ0) is 19.4. The Hall–Kier alpha value is -2.62. The van der Waals surface area contributed by atoms with Crippen LogP contribution in [-0.2, 0) is 22.4 Å². The molecule has 1 aliphatic carbocycles. The Kier molecular flexibility index (Phi) is 5.64. The van der Waals surface area contributed by atoms with E-state index in [4.69, 9.17) is 0 Å². The molecule has 2 N–H and O–H groups in total. The predicted octanol–water partition coefficient (Wildman–Crippen LogP) is 4.67. The van der Waals surface area contributed by atoms with E-state index in [1.165, 1.54) is 0 Å². The van der Waals surface area contributed by atoms with Gasteiger partial charge in [-0.05, 0) is 67.5 Å². The molecule has 2 aromatic carbocycles. The molecule has 0 atom stereocenters. The van der Waals surface area contributed by atoms with Crippen LogP contribution in [-0.4, -0.2) is 17.0 Å². The Balaban J connectivity index is 1.61. The third kappa shape index (κ3) is 4.76. The summed E-state index contributed by atoms with van der Waals surface area (Å²) in [6, 6.07) is 13.8. The molecule has 0 heterocycles. The fourth-order valence-electron chi connectivity index (χ4n) is 4.12. The summed E-state index contributed by atoms with van der Waals surface area (Å²) in [5.41, 5.74) is 4.40. The molecule has 1 saturated carbocycles. The highest BCUT2D eigenvalue weighted by atomic mass is 16.4. The predicted molar refractivity (Wildman–Crippen MR) is 107 cm³/mol. The Morgan fingerprint density at radius 1 is 0.963 bits per heavy atom. The number of aliphatic carboxylic acids is 1. The summed E-state index contributed by atoms with van der Waals surface area (Å²) in [6.07, 6.45) is 4.35. The van der Waals surface area contributed by atoms with Crippen LogP contribution in [0.25, 0.3) is 0 Å². The van der Waals surface area contributed by atoms with Crippen molar-refractivity contribution >= 4 is 17.6 Å². The van der Waals surface area contributed by atoms with Gasteiger partial charge in [-0.3, -0.25) is 9.59 Å². The van der Waals surface area contributed by atoms with Gasteiger partial charge in [0.15, 0.2) is 0 Å². The van der Waals surface area contributed by atoms with Crippen LogP contribution >= 0.6 is 0 Å². The summed E-state index contributed by atoms with van der Waals surface area (Å²) in [6.45, 7) is 4.02. The average Bonchev–Trinajstić information content (AvgIpc) is 3.05. The van der Waals surface area contributed by atoms with E-state index in [0.717, 1.165) is 53.6 Å². The summed E-state index contributed by atoms with van der Waals surface area (Å²) >= 11 is 0. The minimum absolute atomic E-state index is 0.0504. The van der Waals surface area contributed by atoms with Crippen molar-refractivity contribution in [3.63, 3.8) is 0 Å². The van der Waals surface area contributed by atoms with E-state index >= 15 is 0 Å². The summed E-state index contributed by atoms with van der Waals surface area (Å²) in [7, 11) is 0. The summed E-state index contributed by atoms with van der Waals surface area (Å²) < 4.78 is 0. The largest absolute Gasteiger partial charge is 0.481 e. The number of benzene rings is 2. The van der Waals surface area contributed by atoms with Crippen LogP contribution in [0.2, 0.25) is 0 Å². The summed E-state index contributed by atoms with van der Waals surface area (Å²) in [4.78, 5) is 24.0. The number of hydrogen-bond acceptors (Lipinski definition) is 2. The second-order valence-corrected chi connectivity index (χ2v) is 7.89. The first-order valence-corrected chi connectivity index (χ1v) is 9.56. The molecular weight excluding hydrogens is 338 g/mol. The van der Waals surface area contributed by atoms with Crippen molar-refractivity contribution in [1.29, 1.82) is 0 Å². The molecule has 0 unspecified atom stereocenters. The van der Waals surface area contributed by atoms with E-state index in [1.807, 2.05) is 50.2 Å². The van der Waals surface area contributed by atoms with Gasteiger partial charge in [0.05, 0.1) is 11.8 Å². The Morgan fingerprint density at radius 2 is 1.52 bits per heavy atom. The Morgan fingerprint density at radius 3 is 2.07 bits per heavy atom. The van der Waals surface area contributed by atoms with E-state index < -0.39 is 11.4 Å². The van der Waals surface area contributed by atoms with Gasteiger partial charge in [-0.2, -0.15) is 0 Å². The SMILES string of the molecule is Cc1cc(C)cc(NC(=O)Cc2ccc(CC3(C(=O)O)CCCC3)cc2)c1. The molecule has 0 saturated heterocycles. The van der Waals surface area contributed by atoms with Gasteiger partial charge in [0.2, 0.25) is 5.91 Å². The second-order valence-electron chi connectivity index (χ2n) is 7.89. The highest BCUT2D eigenvalue weighted by Gasteiger charge is 2.41. The van der Waals surface area contributed by atoms with Crippen LogP contribution < -0.4 is 5.32 Å². The molecule has 27 heavy (non-hydrogen) atoms. The molecule has 1 aliphatic rings. The van der Waals surface area contributed by atoms with Gasteiger partial charge in [0, 0.05) is 5.69 Å². The number of hydrogen-bond donors (Lipinski definition) is 2. The normalized spacial score (nSPS) is 15.5. The second kappa shape index (κ2) is 7.95. The molecule has 4 heteroatoms. The summed E-state index contributed by atoms with van der Waals surface area (Å²) in [5, 5.41) is 12.6. The molecule has 2 aromatic rings. The van der Waals surface area contributed by atoms with Gasteiger partial charge in [0.25, 0.3) is 0 Å². The molecule has 1 fully saturated rings. The maximum Gasteiger partial charge on any atom is 0.309 e. The molecule has 0 spiro atoms. The van der Waals surface area contributed by atoms with Crippen molar-refractivity contribution in [2.75, 3.05) is 5.32 Å². The number of carboxylic acids is 1. The van der Waals surface area contributed by atoms with E-state index in [1.54, 1.807) is 0 Å². The highest BCUT2D eigenvalue weighted by Crippen LogP contribution is 2.41. The van der Waals surface area contributed by atoms with Crippen molar-refractivity contribution in [3.8, 4) is 0 Å². The number of amides is 1. The lowest BCUT2D eigenvalue weighted by Crippen LogP contribution is -2.30. The first kappa shape index (κ1) is 19.2. The fourth-order valence-corrected chi connectivity index (χ4v) is 4.12. The lowest BCUT2D eigenvalue weighted by atomic mass is 9.80. The Labute approximate surface area is 160 Å². The van der Waals surface area contributed by atoms with Gasteiger partial charge >= 0.3 is 5.97 Å². The summed E-state index contributed by atoms with van der Waals surface area (Å²) in [5.74, 6) is -0.734. The van der Waals surface area contributed by atoms with E-state index in [2.05, 4.69) is 11.4 Å². The van der Waals surface area contributed by atoms with Crippen molar-refractivity contribution < 1.29 is 14.7 Å². The quantitative estimate of drug-likeness (QED) is 0.781. The molecule has 0 bridgehead atoms. The maximum atomic E-state index is 12.3. The molecule has 1 amide bonds. The molecule has 142 valence electrons. The molecular formula is C23H27NO3. The van der Waals surface area contributed by atoms with Gasteiger partial charge in [-0.15, -0.1) is 0 Å². The van der Waals surface area contributed by atoms with Crippen LogP contribution in [0, 0.1) is 19.3 Å². The van der Waals surface area contributed by atoms with E-state index in [9.17, 15) is 14.7 Å². The molecule has 4 nitrogen and oxygen atoms in total. The number of aryl methyl sites for hydroxylation is 2. The standard InChI is InChI=1S/C23H27NO3/c1-16-11-17(2)13-20(12-16)24-21(25)14-18-5-7-19(8-6-18)15-23(22(26)27)9-3-4-10-23/h5-8,11-13H,3-4,9-10,14-15H2,1-2H3,(H,24,25)(H,26,27).